The summed E-state index contributed by atoms with van der Waals surface area (Å²) in [7, 11) is 0. The van der Waals surface area contributed by atoms with Crippen molar-refractivity contribution in [2.45, 2.75) is 13.3 Å². The number of nitrogen functional groups attached to an aromatic ring is 1. The zero-order valence-electron chi connectivity index (χ0n) is 11.6. The van der Waals surface area contributed by atoms with Crippen LogP contribution in [0.3, 0.4) is 0 Å². The summed E-state index contributed by atoms with van der Waals surface area (Å²) >= 11 is 1.31. The van der Waals surface area contributed by atoms with Crippen LogP contribution in [0.2, 0.25) is 0 Å². The number of rotatable bonds is 6. The minimum Gasteiger partial charge on any atom is -0.493 e. The summed E-state index contributed by atoms with van der Waals surface area (Å²) in [6.45, 7) is 2.48. The van der Waals surface area contributed by atoms with Crippen molar-refractivity contribution in [3.05, 3.63) is 40.9 Å². The lowest BCUT2D eigenvalue weighted by Gasteiger charge is -2.05. The molecule has 1 amide bonds. The molecule has 2 aromatic rings. The minimum atomic E-state index is -0.245. The average molecular weight is 304 g/mol. The fourth-order valence-electron chi connectivity index (χ4n) is 1.66. The van der Waals surface area contributed by atoms with Gasteiger partial charge < -0.3 is 10.5 Å². The van der Waals surface area contributed by atoms with Gasteiger partial charge in [-0.15, -0.1) is 11.3 Å². The number of anilines is 1. The highest BCUT2D eigenvalue weighted by Crippen LogP contribution is 2.15. The van der Waals surface area contributed by atoms with Crippen molar-refractivity contribution < 1.29 is 9.53 Å². The highest BCUT2D eigenvalue weighted by Gasteiger charge is 2.05. The summed E-state index contributed by atoms with van der Waals surface area (Å²) < 4.78 is 5.47. The molecule has 0 aliphatic carbocycles. The lowest BCUT2D eigenvalue weighted by Crippen LogP contribution is -2.20. The second-order valence-electron chi connectivity index (χ2n) is 4.12. The number of nitrogens with one attached hydrogen (secondary N) is 1. The van der Waals surface area contributed by atoms with Gasteiger partial charge in [0.15, 0.2) is 5.13 Å². The Morgan fingerprint density at radius 2 is 2.33 bits per heavy atom. The monoisotopic (exact) mass is 304 g/mol. The van der Waals surface area contributed by atoms with Crippen LogP contribution in [0.25, 0.3) is 0 Å². The highest BCUT2D eigenvalue weighted by atomic mass is 32.1. The number of nitrogens with zero attached hydrogens (tertiary/aromatic N) is 2. The Labute approximate surface area is 126 Å². The molecule has 0 saturated carbocycles. The van der Waals surface area contributed by atoms with Gasteiger partial charge in [-0.3, -0.25) is 4.79 Å². The number of hydrazone groups is 1. The Hall–Kier alpha value is -2.41. The maximum Gasteiger partial charge on any atom is 0.246 e. The third-order valence-electron chi connectivity index (χ3n) is 2.52. The third kappa shape index (κ3) is 4.57. The molecule has 0 radical (unpaired) electrons. The summed E-state index contributed by atoms with van der Waals surface area (Å²) in [6.07, 6.45) is 1.70. The van der Waals surface area contributed by atoms with Crippen LogP contribution >= 0.6 is 11.3 Å². The van der Waals surface area contributed by atoms with Gasteiger partial charge in [0.2, 0.25) is 5.91 Å². The Balaban J connectivity index is 1.91. The van der Waals surface area contributed by atoms with Crippen molar-refractivity contribution in [1.82, 2.24) is 10.4 Å². The lowest BCUT2D eigenvalue weighted by molar-refractivity contribution is -0.120. The van der Waals surface area contributed by atoms with Crippen LogP contribution in [0.15, 0.2) is 34.7 Å². The molecule has 2 rings (SSSR count). The van der Waals surface area contributed by atoms with Gasteiger partial charge in [-0.25, -0.2) is 10.4 Å². The molecule has 1 aromatic heterocycles. The molecule has 0 atom stereocenters. The van der Waals surface area contributed by atoms with E-state index in [0.29, 0.717) is 17.4 Å². The van der Waals surface area contributed by atoms with Gasteiger partial charge in [0.05, 0.1) is 24.9 Å². The fraction of sp³-hybridized carbons (Fsp3) is 0.214. The highest BCUT2D eigenvalue weighted by molar-refractivity contribution is 7.13. The van der Waals surface area contributed by atoms with E-state index in [0.717, 1.165) is 11.3 Å². The number of para-hydroxylation sites is 1. The summed E-state index contributed by atoms with van der Waals surface area (Å²) in [5, 5.41) is 6.13. The van der Waals surface area contributed by atoms with E-state index in [1.807, 2.05) is 31.2 Å². The van der Waals surface area contributed by atoms with E-state index in [9.17, 15) is 4.79 Å². The maximum absolute atomic E-state index is 11.7. The van der Waals surface area contributed by atoms with Gasteiger partial charge in [0.1, 0.15) is 5.75 Å². The number of thiazole rings is 1. The number of hydrogen-bond acceptors (Lipinski definition) is 6. The molecule has 1 aromatic carbocycles. The number of carbonyl (C=O) groups excluding carboxylic acids is 1. The largest absolute Gasteiger partial charge is 0.493 e. The van der Waals surface area contributed by atoms with Gasteiger partial charge in [0.25, 0.3) is 0 Å². The predicted molar refractivity (Wildman–Crippen MR) is 83.6 cm³/mol. The lowest BCUT2D eigenvalue weighted by atomic mass is 10.2. The van der Waals surface area contributed by atoms with Crippen molar-refractivity contribution >= 4 is 28.6 Å². The topological polar surface area (TPSA) is 89.6 Å². The van der Waals surface area contributed by atoms with Crippen molar-refractivity contribution in [3.8, 4) is 5.75 Å². The zero-order chi connectivity index (χ0) is 15.1. The molecule has 0 fully saturated rings. The van der Waals surface area contributed by atoms with Crippen LogP contribution < -0.4 is 15.9 Å². The number of nitrogens with two attached hydrogens (primary N) is 1. The molecule has 110 valence electrons. The molecule has 1 heterocycles. The Kier molecular flexibility index (Phi) is 5.28. The molecular formula is C14H16N4O2S. The van der Waals surface area contributed by atoms with E-state index >= 15 is 0 Å². The quantitative estimate of drug-likeness (QED) is 0.629. The van der Waals surface area contributed by atoms with Crippen molar-refractivity contribution in [1.29, 1.82) is 0 Å². The van der Waals surface area contributed by atoms with E-state index in [-0.39, 0.29) is 12.3 Å². The first kappa shape index (κ1) is 15.0. The summed E-state index contributed by atoms with van der Waals surface area (Å²) in [6, 6.07) is 7.48. The van der Waals surface area contributed by atoms with Gasteiger partial charge >= 0.3 is 0 Å². The van der Waals surface area contributed by atoms with Crippen LogP contribution in [0, 0.1) is 0 Å². The van der Waals surface area contributed by atoms with E-state index in [1.54, 1.807) is 11.6 Å². The molecular weight excluding hydrogens is 288 g/mol. The number of aromatic nitrogens is 1. The van der Waals surface area contributed by atoms with Crippen LogP contribution in [0.1, 0.15) is 18.2 Å². The molecule has 0 aliphatic heterocycles. The van der Waals surface area contributed by atoms with Crippen LogP contribution in [-0.4, -0.2) is 23.7 Å². The van der Waals surface area contributed by atoms with Crippen molar-refractivity contribution in [3.63, 3.8) is 0 Å². The van der Waals surface area contributed by atoms with Gasteiger partial charge in [-0.1, -0.05) is 12.1 Å². The summed E-state index contributed by atoms with van der Waals surface area (Å²) in [5.41, 5.74) is 9.41. The first-order chi connectivity index (χ1) is 10.2. The number of amides is 1. The molecule has 6 nitrogen and oxygen atoms in total. The Bertz CT molecular complexity index is 639. The molecule has 21 heavy (non-hydrogen) atoms. The summed E-state index contributed by atoms with van der Waals surface area (Å²) in [4.78, 5) is 15.7. The zero-order valence-corrected chi connectivity index (χ0v) is 12.4. The van der Waals surface area contributed by atoms with Gasteiger partial charge in [-0.2, -0.15) is 5.10 Å². The molecule has 0 saturated heterocycles. The standard InChI is InChI=1S/C14H16N4O2S/c1-2-20-12-6-4-3-5-10(12)8-16-18-13(19)7-11-9-21-14(15)17-11/h3-6,8-9H,2,7H2,1H3,(H2,15,17)(H,18,19)/b16-8+. The molecule has 0 bridgehead atoms. The molecule has 0 aliphatic rings. The van der Waals surface area contributed by atoms with Crippen LogP contribution in [0.4, 0.5) is 5.13 Å². The number of carbonyl (C=O) groups is 1. The van der Waals surface area contributed by atoms with Gasteiger partial charge in [-0.05, 0) is 19.1 Å². The van der Waals surface area contributed by atoms with Crippen molar-refractivity contribution in [2.75, 3.05) is 12.3 Å². The smallest absolute Gasteiger partial charge is 0.246 e. The van der Waals surface area contributed by atoms with E-state index in [1.165, 1.54) is 11.3 Å². The minimum absolute atomic E-state index is 0.151. The van der Waals surface area contributed by atoms with Gasteiger partial charge in [0, 0.05) is 10.9 Å². The predicted octanol–water partition coefficient (Wildman–Crippen LogP) is 1.82. The normalized spacial score (nSPS) is 10.7. The van der Waals surface area contributed by atoms with Crippen molar-refractivity contribution in [2.24, 2.45) is 5.10 Å². The number of ether oxygens (including phenoxy) is 1. The van der Waals surface area contributed by atoms with Crippen LogP contribution in [0.5, 0.6) is 5.75 Å². The second kappa shape index (κ2) is 7.39. The first-order valence-corrected chi connectivity index (χ1v) is 7.30. The molecule has 0 unspecified atom stereocenters. The summed E-state index contributed by atoms with van der Waals surface area (Å²) in [5.74, 6) is 0.482. The second-order valence-corrected chi connectivity index (χ2v) is 5.01. The van der Waals surface area contributed by atoms with E-state index in [4.69, 9.17) is 10.5 Å². The van der Waals surface area contributed by atoms with E-state index in [2.05, 4.69) is 15.5 Å². The van der Waals surface area contributed by atoms with E-state index < -0.39 is 0 Å². The number of hydrogen-bond donors (Lipinski definition) is 2. The number of benzene rings is 1. The molecule has 3 N–H and O–H groups in total. The van der Waals surface area contributed by atoms with Crippen LogP contribution in [-0.2, 0) is 11.2 Å². The SMILES string of the molecule is CCOc1ccccc1/C=N/NC(=O)Cc1csc(N)n1. The first-order valence-electron chi connectivity index (χ1n) is 6.42. The Morgan fingerprint density at radius 1 is 1.52 bits per heavy atom. The maximum atomic E-state index is 11.7. The fourth-order valence-corrected chi connectivity index (χ4v) is 2.22. The molecule has 7 heteroatoms. The third-order valence-corrected chi connectivity index (χ3v) is 3.25. The Morgan fingerprint density at radius 3 is 3.05 bits per heavy atom. The average Bonchev–Trinajstić information content (AvgIpc) is 2.86. The molecule has 0 spiro atoms.